The standard InChI is InChI=1S/C12H16F3NO2/c1-9(16)10-4-2-3-5-11(10)18-7-6-17-8-12(13,14)15/h2-5,9H,6-8,16H2,1H3. The highest BCUT2D eigenvalue weighted by Gasteiger charge is 2.27. The molecule has 0 aromatic heterocycles. The van der Waals surface area contributed by atoms with Gasteiger partial charge in [0.2, 0.25) is 0 Å². The zero-order valence-corrected chi connectivity index (χ0v) is 10.0. The zero-order chi connectivity index (χ0) is 13.6. The number of hydrogen-bond donors (Lipinski definition) is 1. The number of benzene rings is 1. The molecule has 0 heterocycles. The average Bonchev–Trinajstić information content (AvgIpc) is 2.27. The van der Waals surface area contributed by atoms with Gasteiger partial charge >= 0.3 is 6.18 Å². The summed E-state index contributed by atoms with van der Waals surface area (Å²) in [6.45, 7) is 0.486. The Morgan fingerprint density at radius 2 is 1.89 bits per heavy atom. The maximum Gasteiger partial charge on any atom is 0.411 e. The fraction of sp³-hybridized carbons (Fsp3) is 0.500. The maximum atomic E-state index is 11.8. The van der Waals surface area contributed by atoms with Crippen LogP contribution in [0.15, 0.2) is 24.3 Å². The second kappa shape index (κ2) is 6.61. The van der Waals surface area contributed by atoms with Crippen LogP contribution >= 0.6 is 0 Å². The van der Waals surface area contributed by atoms with Gasteiger partial charge in [0.25, 0.3) is 0 Å². The lowest BCUT2D eigenvalue weighted by molar-refractivity contribution is -0.175. The lowest BCUT2D eigenvalue weighted by Crippen LogP contribution is -2.19. The molecule has 0 fully saturated rings. The second-order valence-electron chi connectivity index (χ2n) is 3.84. The lowest BCUT2D eigenvalue weighted by Gasteiger charge is -2.14. The topological polar surface area (TPSA) is 44.5 Å². The van der Waals surface area contributed by atoms with Crippen LogP contribution in [0.5, 0.6) is 5.75 Å². The van der Waals surface area contributed by atoms with Crippen LogP contribution in [0.1, 0.15) is 18.5 Å². The van der Waals surface area contributed by atoms with Crippen LogP contribution in [0.4, 0.5) is 13.2 Å². The number of ether oxygens (including phenoxy) is 2. The van der Waals surface area contributed by atoms with E-state index in [-0.39, 0.29) is 19.3 Å². The third kappa shape index (κ3) is 5.37. The van der Waals surface area contributed by atoms with E-state index in [4.69, 9.17) is 10.5 Å². The zero-order valence-electron chi connectivity index (χ0n) is 10.0. The first-order valence-electron chi connectivity index (χ1n) is 5.52. The van der Waals surface area contributed by atoms with Gasteiger partial charge in [-0.2, -0.15) is 13.2 Å². The highest BCUT2D eigenvalue weighted by Crippen LogP contribution is 2.23. The normalized spacial score (nSPS) is 13.4. The summed E-state index contributed by atoms with van der Waals surface area (Å²) >= 11 is 0. The molecule has 1 aromatic carbocycles. The molecule has 102 valence electrons. The van der Waals surface area contributed by atoms with Crippen molar-refractivity contribution >= 4 is 0 Å². The molecule has 0 spiro atoms. The molecule has 1 aromatic rings. The third-order valence-electron chi connectivity index (χ3n) is 2.16. The smallest absolute Gasteiger partial charge is 0.411 e. The Morgan fingerprint density at radius 1 is 1.22 bits per heavy atom. The van der Waals surface area contributed by atoms with Gasteiger partial charge in [-0.05, 0) is 13.0 Å². The first kappa shape index (κ1) is 14.8. The molecule has 0 aliphatic heterocycles. The van der Waals surface area contributed by atoms with E-state index in [9.17, 15) is 13.2 Å². The van der Waals surface area contributed by atoms with Crippen molar-refractivity contribution in [3.05, 3.63) is 29.8 Å². The molecule has 0 aliphatic carbocycles. The highest BCUT2D eigenvalue weighted by atomic mass is 19.4. The summed E-state index contributed by atoms with van der Waals surface area (Å²) in [5.74, 6) is 0.572. The molecule has 0 aliphatic rings. The Bertz CT molecular complexity index is 367. The Morgan fingerprint density at radius 3 is 2.50 bits per heavy atom. The van der Waals surface area contributed by atoms with E-state index in [2.05, 4.69) is 4.74 Å². The third-order valence-corrected chi connectivity index (χ3v) is 2.16. The van der Waals surface area contributed by atoms with Gasteiger partial charge in [-0.15, -0.1) is 0 Å². The largest absolute Gasteiger partial charge is 0.491 e. The summed E-state index contributed by atoms with van der Waals surface area (Å²) in [6.07, 6.45) is -4.30. The minimum atomic E-state index is -4.30. The van der Waals surface area contributed by atoms with Crippen molar-refractivity contribution in [3.8, 4) is 5.75 Å². The molecule has 18 heavy (non-hydrogen) atoms. The fourth-order valence-corrected chi connectivity index (χ4v) is 1.39. The average molecular weight is 263 g/mol. The molecule has 1 atom stereocenters. The van der Waals surface area contributed by atoms with Crippen LogP contribution in [0, 0.1) is 0 Å². The van der Waals surface area contributed by atoms with Crippen molar-refractivity contribution in [1.82, 2.24) is 0 Å². The van der Waals surface area contributed by atoms with Crippen molar-refractivity contribution < 1.29 is 22.6 Å². The van der Waals surface area contributed by atoms with Gasteiger partial charge in [0.15, 0.2) is 0 Å². The molecule has 2 N–H and O–H groups in total. The van der Waals surface area contributed by atoms with E-state index in [1.807, 2.05) is 19.1 Å². The number of halogens is 3. The van der Waals surface area contributed by atoms with Gasteiger partial charge in [0.1, 0.15) is 19.0 Å². The second-order valence-corrected chi connectivity index (χ2v) is 3.84. The molecule has 1 rings (SSSR count). The molecule has 0 saturated carbocycles. The van der Waals surface area contributed by atoms with Gasteiger partial charge in [0.05, 0.1) is 6.61 Å². The van der Waals surface area contributed by atoms with E-state index in [0.717, 1.165) is 5.56 Å². The molecule has 1 unspecified atom stereocenters. The SMILES string of the molecule is CC(N)c1ccccc1OCCOCC(F)(F)F. The van der Waals surface area contributed by atoms with Gasteiger partial charge < -0.3 is 15.2 Å². The number of para-hydroxylation sites is 1. The quantitative estimate of drug-likeness (QED) is 0.802. The van der Waals surface area contributed by atoms with E-state index in [1.165, 1.54) is 0 Å². The van der Waals surface area contributed by atoms with Crippen LogP contribution in [0.25, 0.3) is 0 Å². The van der Waals surface area contributed by atoms with Crippen LogP contribution in [-0.2, 0) is 4.74 Å². The van der Waals surface area contributed by atoms with Crippen molar-refractivity contribution in [1.29, 1.82) is 0 Å². The summed E-state index contributed by atoms with van der Waals surface area (Å²) in [7, 11) is 0. The predicted molar refractivity (Wildman–Crippen MR) is 61.4 cm³/mol. The van der Waals surface area contributed by atoms with Crippen molar-refractivity contribution in [2.75, 3.05) is 19.8 Å². The molecule has 0 radical (unpaired) electrons. The van der Waals surface area contributed by atoms with E-state index in [1.54, 1.807) is 12.1 Å². The predicted octanol–water partition coefficient (Wildman–Crippen LogP) is 2.66. The van der Waals surface area contributed by atoms with Crippen molar-refractivity contribution in [2.45, 2.75) is 19.1 Å². The fourth-order valence-electron chi connectivity index (χ4n) is 1.39. The molecule has 0 saturated heterocycles. The Balaban J connectivity index is 2.36. The van der Waals surface area contributed by atoms with Gasteiger partial charge in [-0.3, -0.25) is 0 Å². The lowest BCUT2D eigenvalue weighted by atomic mass is 10.1. The first-order valence-corrected chi connectivity index (χ1v) is 5.52. The van der Waals surface area contributed by atoms with Crippen LogP contribution < -0.4 is 10.5 Å². The molecular formula is C12H16F3NO2. The summed E-state index contributed by atoms with van der Waals surface area (Å²) < 4.78 is 45.2. The first-order chi connectivity index (χ1) is 8.40. The number of nitrogens with two attached hydrogens (primary N) is 1. The Kier molecular flexibility index (Phi) is 5.43. The van der Waals surface area contributed by atoms with E-state index in [0.29, 0.717) is 5.75 Å². The summed E-state index contributed by atoms with van der Waals surface area (Å²) in [6, 6.07) is 6.94. The van der Waals surface area contributed by atoms with Crippen LogP contribution in [-0.4, -0.2) is 26.0 Å². The number of alkyl halides is 3. The van der Waals surface area contributed by atoms with Crippen LogP contribution in [0.2, 0.25) is 0 Å². The Labute approximate surface area is 104 Å². The molecule has 6 heteroatoms. The van der Waals surface area contributed by atoms with Crippen LogP contribution in [0.3, 0.4) is 0 Å². The molecular weight excluding hydrogens is 247 g/mol. The summed E-state index contributed by atoms with van der Waals surface area (Å²) in [5, 5.41) is 0. The summed E-state index contributed by atoms with van der Waals surface area (Å²) in [4.78, 5) is 0. The highest BCUT2D eigenvalue weighted by molar-refractivity contribution is 5.35. The summed E-state index contributed by atoms with van der Waals surface area (Å²) in [5.41, 5.74) is 6.56. The van der Waals surface area contributed by atoms with Gasteiger partial charge in [-0.25, -0.2) is 0 Å². The maximum absolute atomic E-state index is 11.8. The molecule has 3 nitrogen and oxygen atoms in total. The van der Waals surface area contributed by atoms with E-state index < -0.39 is 12.8 Å². The molecule has 0 bridgehead atoms. The minimum Gasteiger partial charge on any atom is -0.491 e. The number of rotatable bonds is 6. The minimum absolute atomic E-state index is 0.0554. The number of hydrogen-bond acceptors (Lipinski definition) is 3. The van der Waals surface area contributed by atoms with Crippen molar-refractivity contribution in [3.63, 3.8) is 0 Å². The van der Waals surface area contributed by atoms with E-state index >= 15 is 0 Å². The van der Waals surface area contributed by atoms with Gasteiger partial charge in [-0.1, -0.05) is 18.2 Å². The molecule has 0 amide bonds. The Hall–Kier alpha value is -1.27. The van der Waals surface area contributed by atoms with Gasteiger partial charge in [0, 0.05) is 11.6 Å². The monoisotopic (exact) mass is 263 g/mol. The van der Waals surface area contributed by atoms with Crippen molar-refractivity contribution in [2.24, 2.45) is 5.73 Å².